The number of benzene rings is 9. The molecule has 0 amide bonds. The molecule has 3 aromatic heterocycles. The zero-order chi connectivity index (χ0) is 43.2. The Morgan fingerprint density at radius 2 is 0.969 bits per heavy atom. The van der Waals surface area contributed by atoms with Crippen LogP contribution in [0.3, 0.4) is 0 Å². The van der Waals surface area contributed by atoms with Crippen LogP contribution in [0.4, 0.5) is 0 Å². The molecule has 1 aliphatic rings. The average Bonchev–Trinajstić information content (AvgIpc) is 3.99. The third-order valence-corrected chi connectivity index (χ3v) is 13.5. The monoisotopic (exact) mass is 832 g/mol. The van der Waals surface area contributed by atoms with Crippen molar-refractivity contribution >= 4 is 43.7 Å². The van der Waals surface area contributed by atoms with Crippen molar-refractivity contribution in [2.45, 2.75) is 19.3 Å². The van der Waals surface area contributed by atoms with Crippen molar-refractivity contribution in [1.29, 1.82) is 0 Å². The average molecular weight is 833 g/mol. The minimum atomic E-state index is -0.101. The van der Waals surface area contributed by atoms with Crippen LogP contribution in [0.5, 0.6) is 0 Å². The van der Waals surface area contributed by atoms with Crippen LogP contribution in [0.2, 0.25) is 0 Å². The molecule has 5 heteroatoms. The van der Waals surface area contributed by atoms with Gasteiger partial charge in [0.25, 0.3) is 0 Å². The molecule has 1 aliphatic carbocycles. The van der Waals surface area contributed by atoms with E-state index >= 15 is 0 Å². The molecule has 0 radical (unpaired) electrons. The predicted molar refractivity (Wildman–Crippen MR) is 266 cm³/mol. The first-order valence-electron chi connectivity index (χ1n) is 22.2. The van der Waals surface area contributed by atoms with Gasteiger partial charge < -0.3 is 8.98 Å². The molecule has 9 aromatic carbocycles. The van der Waals surface area contributed by atoms with E-state index in [1.807, 2.05) is 12.1 Å². The zero-order valence-corrected chi connectivity index (χ0v) is 35.8. The fourth-order valence-corrected chi connectivity index (χ4v) is 10.4. The van der Waals surface area contributed by atoms with Crippen molar-refractivity contribution in [3.05, 3.63) is 217 Å². The highest BCUT2D eigenvalue weighted by molar-refractivity contribution is 6.13. The summed E-state index contributed by atoms with van der Waals surface area (Å²) in [6.45, 7) is 4.65. The molecule has 0 bridgehead atoms. The van der Waals surface area contributed by atoms with Crippen LogP contribution in [-0.4, -0.2) is 19.5 Å². The van der Waals surface area contributed by atoms with Gasteiger partial charge in [-0.2, -0.15) is 0 Å². The summed E-state index contributed by atoms with van der Waals surface area (Å²) in [5, 5.41) is 4.44. The molecule has 0 spiro atoms. The van der Waals surface area contributed by atoms with Crippen LogP contribution >= 0.6 is 0 Å². The summed E-state index contributed by atoms with van der Waals surface area (Å²) in [5.74, 6) is 1.77. The maximum Gasteiger partial charge on any atom is 0.164 e. The molecular formula is C60H40N4O. The van der Waals surface area contributed by atoms with E-state index in [2.05, 4.69) is 213 Å². The number of hydrogen-bond donors (Lipinski definition) is 0. The second-order valence-electron chi connectivity index (χ2n) is 17.6. The van der Waals surface area contributed by atoms with Gasteiger partial charge >= 0.3 is 0 Å². The van der Waals surface area contributed by atoms with Crippen molar-refractivity contribution in [2.24, 2.45) is 0 Å². The lowest BCUT2D eigenvalue weighted by Gasteiger charge is -2.21. The molecule has 0 saturated heterocycles. The van der Waals surface area contributed by atoms with Gasteiger partial charge in [-0.05, 0) is 105 Å². The van der Waals surface area contributed by atoms with Gasteiger partial charge in [-0.25, -0.2) is 15.0 Å². The Balaban J connectivity index is 1.00. The number of hydrogen-bond acceptors (Lipinski definition) is 4. The van der Waals surface area contributed by atoms with Gasteiger partial charge in [-0.3, -0.25) is 0 Å². The quantitative estimate of drug-likeness (QED) is 0.167. The number of para-hydroxylation sites is 2. The normalized spacial score (nSPS) is 12.9. The summed E-state index contributed by atoms with van der Waals surface area (Å²) < 4.78 is 8.93. The first-order chi connectivity index (χ1) is 32.0. The second kappa shape index (κ2) is 14.3. The number of rotatable bonds is 6. The van der Waals surface area contributed by atoms with Crippen LogP contribution in [0, 0.1) is 0 Å². The van der Waals surface area contributed by atoms with Crippen LogP contribution in [-0.2, 0) is 5.41 Å². The summed E-state index contributed by atoms with van der Waals surface area (Å²) >= 11 is 0. The SMILES string of the molecule is CC1(C)c2ccccc2-c2c(-c3cccc(-c4nc(-c5ccc6c(c5)oc5cccc(-c7ccccc7)c56)nc(-c5ccc6c(c5)c5ccccc5n6-c5ccccc5)n4)c3)cccc21. The minimum absolute atomic E-state index is 0.101. The molecular weight excluding hydrogens is 793 g/mol. The molecule has 306 valence electrons. The van der Waals surface area contributed by atoms with Gasteiger partial charge in [-0.1, -0.05) is 159 Å². The molecule has 5 nitrogen and oxygen atoms in total. The number of furan rings is 1. The van der Waals surface area contributed by atoms with Gasteiger partial charge in [0.15, 0.2) is 17.5 Å². The summed E-state index contributed by atoms with van der Waals surface area (Å²) in [6, 6.07) is 73.0. The minimum Gasteiger partial charge on any atom is -0.456 e. The molecule has 0 atom stereocenters. The third kappa shape index (κ3) is 5.82. The van der Waals surface area contributed by atoms with E-state index < -0.39 is 0 Å². The zero-order valence-electron chi connectivity index (χ0n) is 35.8. The Labute approximate surface area is 376 Å². The van der Waals surface area contributed by atoms with Crippen LogP contribution in [0.1, 0.15) is 25.0 Å². The van der Waals surface area contributed by atoms with Crippen LogP contribution in [0.25, 0.3) is 117 Å². The van der Waals surface area contributed by atoms with E-state index in [0.717, 1.165) is 77.4 Å². The van der Waals surface area contributed by atoms with E-state index in [1.54, 1.807) is 0 Å². The Bertz CT molecular complexity index is 3860. The van der Waals surface area contributed by atoms with E-state index in [-0.39, 0.29) is 5.41 Å². The van der Waals surface area contributed by atoms with E-state index in [4.69, 9.17) is 19.4 Å². The summed E-state index contributed by atoms with van der Waals surface area (Å²) in [4.78, 5) is 15.9. The highest BCUT2D eigenvalue weighted by Crippen LogP contribution is 2.52. The lowest BCUT2D eigenvalue weighted by atomic mass is 9.82. The van der Waals surface area contributed by atoms with Crippen molar-refractivity contribution in [3.8, 4) is 73.2 Å². The van der Waals surface area contributed by atoms with E-state index in [1.165, 1.54) is 33.2 Å². The highest BCUT2D eigenvalue weighted by Gasteiger charge is 2.36. The fourth-order valence-electron chi connectivity index (χ4n) is 10.4. The maximum absolute atomic E-state index is 6.60. The third-order valence-electron chi connectivity index (χ3n) is 13.5. The van der Waals surface area contributed by atoms with Gasteiger partial charge in [0.05, 0.1) is 11.0 Å². The summed E-state index contributed by atoms with van der Waals surface area (Å²) in [5.41, 5.74) is 17.4. The lowest BCUT2D eigenvalue weighted by Crippen LogP contribution is -2.14. The van der Waals surface area contributed by atoms with Crippen molar-refractivity contribution in [3.63, 3.8) is 0 Å². The molecule has 0 saturated carbocycles. The van der Waals surface area contributed by atoms with Gasteiger partial charge in [-0.15, -0.1) is 0 Å². The standard InChI is InChI=1S/C60H40N4O/c1-60(2)49-26-11-9-23-46(49)55-44(24-14-27-50(55)60)38-18-13-19-39(34-38)57-61-58(40-31-33-52-48(35-40)45-22-10-12-28-51(45)64(52)42-20-7-4-8-21-42)63-59(62-57)41-30-32-47-54(36-41)65-53-29-15-25-43(56(47)53)37-16-5-3-6-17-37/h3-36H,1-2H3. The van der Waals surface area contributed by atoms with Crippen molar-refractivity contribution in [2.75, 3.05) is 0 Å². The Morgan fingerprint density at radius 3 is 1.80 bits per heavy atom. The maximum atomic E-state index is 6.60. The summed E-state index contributed by atoms with van der Waals surface area (Å²) in [7, 11) is 0. The largest absolute Gasteiger partial charge is 0.456 e. The topological polar surface area (TPSA) is 56.7 Å². The van der Waals surface area contributed by atoms with Gasteiger partial charge in [0.2, 0.25) is 0 Å². The molecule has 13 rings (SSSR count). The fraction of sp³-hybridized carbons (Fsp3) is 0.0500. The second-order valence-corrected chi connectivity index (χ2v) is 17.6. The van der Waals surface area contributed by atoms with Gasteiger partial charge in [0, 0.05) is 49.3 Å². The molecule has 12 aromatic rings. The Hall–Kier alpha value is -8.41. The summed E-state index contributed by atoms with van der Waals surface area (Å²) in [6.07, 6.45) is 0. The smallest absolute Gasteiger partial charge is 0.164 e. The number of fused-ring (bicyclic) bond motifs is 9. The van der Waals surface area contributed by atoms with E-state index in [9.17, 15) is 0 Å². The number of aromatic nitrogens is 4. The molecule has 3 heterocycles. The highest BCUT2D eigenvalue weighted by atomic mass is 16.3. The predicted octanol–water partition coefficient (Wildman–Crippen LogP) is 15.5. The van der Waals surface area contributed by atoms with Crippen molar-refractivity contribution in [1.82, 2.24) is 19.5 Å². The Kier molecular flexibility index (Phi) is 8.18. The first kappa shape index (κ1) is 37.2. The molecule has 0 unspecified atom stereocenters. The molecule has 65 heavy (non-hydrogen) atoms. The first-order valence-corrected chi connectivity index (χ1v) is 22.2. The lowest BCUT2D eigenvalue weighted by molar-refractivity contribution is 0.660. The molecule has 0 fully saturated rings. The van der Waals surface area contributed by atoms with Gasteiger partial charge in [0.1, 0.15) is 11.2 Å². The van der Waals surface area contributed by atoms with Crippen molar-refractivity contribution < 1.29 is 4.42 Å². The molecule has 0 N–H and O–H groups in total. The van der Waals surface area contributed by atoms with Crippen LogP contribution < -0.4 is 0 Å². The van der Waals surface area contributed by atoms with Crippen LogP contribution in [0.15, 0.2) is 211 Å². The van der Waals surface area contributed by atoms with E-state index in [0.29, 0.717) is 17.5 Å². The Morgan fingerprint density at radius 1 is 0.385 bits per heavy atom. The molecule has 0 aliphatic heterocycles. The number of nitrogens with zero attached hydrogens (tertiary/aromatic N) is 4.